The maximum absolute atomic E-state index is 4.71. The maximum atomic E-state index is 4.71. The molecule has 0 bridgehead atoms. The topological polar surface area (TPSA) is 25.8 Å². The number of rotatable bonds is 5. The summed E-state index contributed by atoms with van der Waals surface area (Å²) in [4.78, 5) is 9.25. The number of pyridine rings is 2. The molecule has 0 saturated carbocycles. The van der Waals surface area contributed by atoms with Crippen LogP contribution in [0.15, 0.2) is 66.9 Å². The van der Waals surface area contributed by atoms with Crippen molar-refractivity contribution in [3.8, 4) is 22.4 Å². The van der Waals surface area contributed by atoms with Gasteiger partial charge in [0.2, 0.25) is 0 Å². The summed E-state index contributed by atoms with van der Waals surface area (Å²) in [5, 5.41) is 2.62. The standard InChI is InChI=1S/C29H28N2S/c1-5-20(6-2)22-11-12-30-27(17-22)23-8-10-29-26(16-23)25-15-21(7-9-28(25)32-29)24-13-18(3)31-19(4)14-24/h7-17,20H,5-6H2,1-4H3. The van der Waals surface area contributed by atoms with Gasteiger partial charge >= 0.3 is 0 Å². The highest BCUT2D eigenvalue weighted by Gasteiger charge is 2.12. The zero-order chi connectivity index (χ0) is 22.2. The molecule has 3 heterocycles. The highest BCUT2D eigenvalue weighted by atomic mass is 32.1. The van der Waals surface area contributed by atoms with Gasteiger partial charge in [-0.2, -0.15) is 0 Å². The van der Waals surface area contributed by atoms with Gasteiger partial charge in [-0.05, 0) is 97.8 Å². The van der Waals surface area contributed by atoms with E-state index in [4.69, 9.17) is 4.98 Å². The fourth-order valence-electron chi connectivity index (χ4n) is 4.74. The van der Waals surface area contributed by atoms with E-state index in [0.717, 1.165) is 29.9 Å². The van der Waals surface area contributed by atoms with Crippen LogP contribution in [0.1, 0.15) is 49.6 Å². The number of hydrogen-bond donors (Lipinski definition) is 0. The summed E-state index contributed by atoms with van der Waals surface area (Å²) in [6, 6.07) is 22.4. The zero-order valence-corrected chi connectivity index (χ0v) is 20.0. The van der Waals surface area contributed by atoms with Crippen LogP contribution in [0, 0.1) is 13.8 Å². The van der Waals surface area contributed by atoms with Crippen molar-refractivity contribution in [3.05, 3.63) is 83.8 Å². The largest absolute Gasteiger partial charge is 0.258 e. The Labute approximate surface area is 194 Å². The molecule has 0 spiro atoms. The Morgan fingerprint density at radius 3 is 2.00 bits per heavy atom. The predicted molar refractivity (Wildman–Crippen MR) is 139 cm³/mol. The molecule has 3 aromatic heterocycles. The second-order valence-corrected chi connectivity index (χ2v) is 9.73. The molecule has 3 heteroatoms. The van der Waals surface area contributed by atoms with Gasteiger partial charge in [-0.3, -0.25) is 9.97 Å². The van der Waals surface area contributed by atoms with Crippen LogP contribution in [0.2, 0.25) is 0 Å². The molecule has 5 aromatic rings. The first-order chi connectivity index (χ1) is 15.6. The van der Waals surface area contributed by atoms with Gasteiger partial charge in [-0.1, -0.05) is 26.0 Å². The van der Waals surface area contributed by atoms with Crippen LogP contribution < -0.4 is 0 Å². The van der Waals surface area contributed by atoms with Crippen LogP contribution >= 0.6 is 11.3 Å². The summed E-state index contributed by atoms with van der Waals surface area (Å²) in [6.45, 7) is 8.65. The average Bonchev–Trinajstić information content (AvgIpc) is 3.16. The van der Waals surface area contributed by atoms with Crippen molar-refractivity contribution in [2.24, 2.45) is 0 Å². The fraction of sp³-hybridized carbons (Fsp3) is 0.241. The van der Waals surface area contributed by atoms with E-state index in [1.165, 1.54) is 42.4 Å². The third kappa shape index (κ3) is 3.82. The Bertz CT molecular complexity index is 1410. The van der Waals surface area contributed by atoms with Crippen molar-refractivity contribution < 1.29 is 0 Å². The highest BCUT2D eigenvalue weighted by molar-refractivity contribution is 7.25. The Balaban J connectivity index is 1.63. The number of benzene rings is 2. The van der Waals surface area contributed by atoms with E-state index in [1.807, 2.05) is 17.5 Å². The van der Waals surface area contributed by atoms with Crippen molar-refractivity contribution in [2.75, 3.05) is 0 Å². The molecular formula is C29H28N2S. The first kappa shape index (κ1) is 20.8. The van der Waals surface area contributed by atoms with E-state index in [1.54, 1.807) is 0 Å². The van der Waals surface area contributed by atoms with E-state index >= 15 is 0 Å². The van der Waals surface area contributed by atoms with E-state index in [2.05, 4.69) is 93.3 Å². The van der Waals surface area contributed by atoms with E-state index < -0.39 is 0 Å². The average molecular weight is 437 g/mol. The van der Waals surface area contributed by atoms with Crippen molar-refractivity contribution in [3.63, 3.8) is 0 Å². The Morgan fingerprint density at radius 1 is 0.719 bits per heavy atom. The number of thiophene rings is 1. The minimum atomic E-state index is 0.595. The number of aromatic nitrogens is 2. The molecule has 2 aromatic carbocycles. The second-order valence-electron chi connectivity index (χ2n) is 8.65. The summed E-state index contributed by atoms with van der Waals surface area (Å²) in [5.74, 6) is 0.595. The van der Waals surface area contributed by atoms with Crippen LogP contribution in [-0.4, -0.2) is 9.97 Å². The van der Waals surface area contributed by atoms with Gasteiger partial charge < -0.3 is 0 Å². The molecule has 0 saturated heterocycles. The molecule has 5 rings (SSSR count). The SMILES string of the molecule is CCC(CC)c1ccnc(-c2ccc3sc4ccc(-c5cc(C)nc(C)c5)cc4c3c2)c1. The van der Waals surface area contributed by atoms with E-state index in [9.17, 15) is 0 Å². The molecule has 0 fully saturated rings. The molecule has 0 N–H and O–H groups in total. The van der Waals surface area contributed by atoms with Crippen LogP contribution in [-0.2, 0) is 0 Å². The third-order valence-corrected chi connectivity index (χ3v) is 7.57. The molecule has 0 amide bonds. The Morgan fingerprint density at radius 2 is 1.34 bits per heavy atom. The molecule has 0 aliphatic rings. The summed E-state index contributed by atoms with van der Waals surface area (Å²) in [5.41, 5.74) is 8.22. The molecule has 0 unspecified atom stereocenters. The smallest absolute Gasteiger partial charge is 0.0705 e. The molecule has 0 aliphatic heterocycles. The Hall–Kier alpha value is -3.04. The van der Waals surface area contributed by atoms with Gasteiger partial charge in [0, 0.05) is 43.3 Å². The summed E-state index contributed by atoms with van der Waals surface area (Å²) in [7, 11) is 0. The van der Waals surface area contributed by atoms with Crippen molar-refractivity contribution in [2.45, 2.75) is 46.5 Å². The normalized spacial score (nSPS) is 11.7. The van der Waals surface area contributed by atoms with Gasteiger partial charge in [0.1, 0.15) is 0 Å². The fourth-order valence-corrected chi connectivity index (χ4v) is 5.80. The molecule has 160 valence electrons. The van der Waals surface area contributed by atoms with Crippen LogP contribution in [0.4, 0.5) is 0 Å². The van der Waals surface area contributed by atoms with Gasteiger partial charge in [-0.15, -0.1) is 11.3 Å². The highest BCUT2D eigenvalue weighted by Crippen LogP contribution is 2.38. The lowest BCUT2D eigenvalue weighted by molar-refractivity contribution is 0.641. The van der Waals surface area contributed by atoms with Crippen molar-refractivity contribution >= 4 is 31.5 Å². The lowest BCUT2D eigenvalue weighted by Gasteiger charge is -2.13. The van der Waals surface area contributed by atoms with E-state index in [-0.39, 0.29) is 0 Å². The van der Waals surface area contributed by atoms with Gasteiger partial charge in [0.25, 0.3) is 0 Å². The van der Waals surface area contributed by atoms with Crippen LogP contribution in [0.5, 0.6) is 0 Å². The lowest BCUT2D eigenvalue weighted by atomic mass is 9.93. The van der Waals surface area contributed by atoms with Crippen LogP contribution in [0.3, 0.4) is 0 Å². The monoisotopic (exact) mass is 436 g/mol. The molecule has 0 atom stereocenters. The number of hydrogen-bond acceptors (Lipinski definition) is 3. The molecule has 0 radical (unpaired) electrons. The van der Waals surface area contributed by atoms with Crippen molar-refractivity contribution in [1.82, 2.24) is 9.97 Å². The second kappa shape index (κ2) is 8.48. The quantitative estimate of drug-likeness (QED) is 0.275. The Kier molecular flexibility index (Phi) is 5.52. The van der Waals surface area contributed by atoms with Crippen molar-refractivity contribution in [1.29, 1.82) is 0 Å². The molecular weight excluding hydrogens is 408 g/mol. The third-order valence-electron chi connectivity index (χ3n) is 6.42. The summed E-state index contributed by atoms with van der Waals surface area (Å²) in [6.07, 6.45) is 4.28. The first-order valence-corrected chi connectivity index (χ1v) is 12.3. The number of nitrogens with zero attached hydrogens (tertiary/aromatic N) is 2. The zero-order valence-electron chi connectivity index (χ0n) is 19.1. The molecule has 0 aliphatic carbocycles. The minimum absolute atomic E-state index is 0.595. The lowest BCUT2D eigenvalue weighted by Crippen LogP contribution is -1.96. The molecule has 2 nitrogen and oxygen atoms in total. The molecule has 32 heavy (non-hydrogen) atoms. The maximum Gasteiger partial charge on any atom is 0.0705 e. The minimum Gasteiger partial charge on any atom is -0.258 e. The van der Waals surface area contributed by atoms with Crippen LogP contribution in [0.25, 0.3) is 42.6 Å². The number of aryl methyl sites for hydroxylation is 2. The first-order valence-electron chi connectivity index (χ1n) is 11.4. The van der Waals surface area contributed by atoms with Gasteiger partial charge in [0.15, 0.2) is 0 Å². The number of fused-ring (bicyclic) bond motifs is 3. The predicted octanol–water partition coefficient (Wildman–Crippen LogP) is 8.70. The van der Waals surface area contributed by atoms with Gasteiger partial charge in [0.05, 0.1) is 5.69 Å². The van der Waals surface area contributed by atoms with E-state index in [0.29, 0.717) is 5.92 Å². The van der Waals surface area contributed by atoms with Gasteiger partial charge in [-0.25, -0.2) is 0 Å². The summed E-state index contributed by atoms with van der Waals surface area (Å²) >= 11 is 1.86. The summed E-state index contributed by atoms with van der Waals surface area (Å²) < 4.78 is 2.64.